The second-order valence-corrected chi connectivity index (χ2v) is 4.95. The lowest BCUT2D eigenvalue weighted by Gasteiger charge is -2.45. The molecular formula is C13H15N3O4. The van der Waals surface area contributed by atoms with Crippen molar-refractivity contribution < 1.29 is 20.1 Å². The molecule has 7 heteroatoms. The summed E-state index contributed by atoms with van der Waals surface area (Å²) >= 11 is 0. The second kappa shape index (κ2) is 4.31. The van der Waals surface area contributed by atoms with Crippen LogP contribution in [0.4, 0.5) is 5.69 Å². The molecule has 0 bridgehead atoms. The van der Waals surface area contributed by atoms with Gasteiger partial charge in [-0.2, -0.15) is 0 Å². The summed E-state index contributed by atoms with van der Waals surface area (Å²) in [6, 6.07) is 2.02. The number of carbonyl (C=O) groups is 1. The number of carboxylic acids is 1. The van der Waals surface area contributed by atoms with Crippen LogP contribution >= 0.6 is 0 Å². The number of hydrogen-bond acceptors (Lipinski definition) is 6. The monoisotopic (exact) mass is 277 g/mol. The molecular weight excluding hydrogens is 262 g/mol. The van der Waals surface area contributed by atoms with Gasteiger partial charge in [-0.25, -0.2) is 4.79 Å². The fourth-order valence-electron chi connectivity index (χ4n) is 2.78. The molecule has 7 nitrogen and oxygen atoms in total. The summed E-state index contributed by atoms with van der Waals surface area (Å²) in [6.45, 7) is 0.548. The molecule has 1 saturated heterocycles. The molecule has 0 radical (unpaired) electrons. The number of nitrogens with zero attached hydrogens (tertiary/aromatic N) is 1. The molecule has 0 amide bonds. The lowest BCUT2D eigenvalue weighted by Crippen LogP contribution is -2.62. The number of anilines is 1. The minimum Gasteiger partial charge on any atom is -0.504 e. The Bertz CT molecular complexity index is 614. The standard InChI is InChI=1S/C13H15N3O4/c14-7-3-6-4-10(17)11(18)5-9(6)16-8(13(19)20)1-2-15-12(7)16/h3-5,8,12,15,17-18H,1-2,14H2,(H,19,20)/t8-,12?/m0/s1. The van der Waals surface area contributed by atoms with Crippen LogP contribution in [0.25, 0.3) is 6.08 Å². The molecule has 2 heterocycles. The molecule has 6 N–H and O–H groups in total. The number of carboxylic acid groups (broad SMARTS) is 1. The van der Waals surface area contributed by atoms with Gasteiger partial charge in [0.2, 0.25) is 0 Å². The molecule has 0 spiro atoms. The summed E-state index contributed by atoms with van der Waals surface area (Å²) in [5, 5.41) is 31.7. The number of fused-ring (bicyclic) bond motifs is 3. The van der Waals surface area contributed by atoms with Crippen molar-refractivity contribution in [3.63, 3.8) is 0 Å². The predicted molar refractivity (Wildman–Crippen MR) is 72.2 cm³/mol. The van der Waals surface area contributed by atoms with Crippen molar-refractivity contribution in [2.45, 2.75) is 18.6 Å². The Morgan fingerprint density at radius 2 is 2.05 bits per heavy atom. The highest BCUT2D eigenvalue weighted by molar-refractivity contribution is 5.85. The molecule has 1 aromatic rings. The van der Waals surface area contributed by atoms with Crippen molar-refractivity contribution in [2.75, 3.05) is 11.4 Å². The third-order valence-electron chi connectivity index (χ3n) is 3.69. The van der Waals surface area contributed by atoms with Gasteiger partial charge < -0.3 is 26.0 Å². The van der Waals surface area contributed by atoms with Gasteiger partial charge >= 0.3 is 5.97 Å². The van der Waals surface area contributed by atoms with Gasteiger partial charge in [0.05, 0.1) is 5.69 Å². The molecule has 0 aliphatic carbocycles. The van der Waals surface area contributed by atoms with Crippen molar-refractivity contribution >= 4 is 17.7 Å². The summed E-state index contributed by atoms with van der Waals surface area (Å²) < 4.78 is 0. The lowest BCUT2D eigenvalue weighted by molar-refractivity contribution is -0.139. The largest absolute Gasteiger partial charge is 0.504 e. The van der Waals surface area contributed by atoms with Gasteiger partial charge in [-0.15, -0.1) is 0 Å². The number of aliphatic carboxylic acids is 1. The fourth-order valence-corrected chi connectivity index (χ4v) is 2.78. The Morgan fingerprint density at radius 3 is 2.75 bits per heavy atom. The number of phenols is 2. The average Bonchev–Trinajstić information content (AvgIpc) is 2.41. The Kier molecular flexibility index (Phi) is 2.72. The third-order valence-corrected chi connectivity index (χ3v) is 3.69. The smallest absolute Gasteiger partial charge is 0.326 e. The minimum atomic E-state index is -0.940. The van der Waals surface area contributed by atoms with Gasteiger partial charge in [-0.05, 0) is 25.1 Å². The fraction of sp³-hybridized carbons (Fsp3) is 0.308. The van der Waals surface area contributed by atoms with Crippen LogP contribution in [-0.4, -0.2) is 40.0 Å². The van der Waals surface area contributed by atoms with Crippen LogP contribution in [-0.2, 0) is 4.79 Å². The topological polar surface area (TPSA) is 119 Å². The molecule has 0 saturated carbocycles. The summed E-state index contributed by atoms with van der Waals surface area (Å²) in [4.78, 5) is 13.1. The molecule has 20 heavy (non-hydrogen) atoms. The first kappa shape index (κ1) is 12.6. The molecule has 2 atom stereocenters. The van der Waals surface area contributed by atoms with E-state index in [0.29, 0.717) is 29.9 Å². The van der Waals surface area contributed by atoms with Gasteiger partial charge in [0.1, 0.15) is 12.2 Å². The van der Waals surface area contributed by atoms with E-state index in [1.807, 2.05) is 0 Å². The highest BCUT2D eigenvalue weighted by atomic mass is 16.4. The zero-order chi connectivity index (χ0) is 14.4. The molecule has 106 valence electrons. The van der Waals surface area contributed by atoms with Crippen molar-refractivity contribution in [3.05, 3.63) is 23.4 Å². The van der Waals surface area contributed by atoms with E-state index in [4.69, 9.17) is 5.73 Å². The summed E-state index contributed by atoms with van der Waals surface area (Å²) in [6.07, 6.45) is 1.69. The van der Waals surface area contributed by atoms with Crippen LogP contribution < -0.4 is 16.0 Å². The van der Waals surface area contributed by atoms with E-state index in [0.717, 1.165) is 0 Å². The molecule has 2 aliphatic heterocycles. The van der Waals surface area contributed by atoms with Crippen LogP contribution in [0.15, 0.2) is 17.8 Å². The Balaban J connectivity index is 2.17. The molecule has 1 fully saturated rings. The van der Waals surface area contributed by atoms with Crippen molar-refractivity contribution in [2.24, 2.45) is 5.73 Å². The van der Waals surface area contributed by atoms with Gasteiger partial charge in [-0.3, -0.25) is 5.32 Å². The summed E-state index contributed by atoms with van der Waals surface area (Å²) in [5.41, 5.74) is 7.58. The molecule has 2 aliphatic rings. The maximum Gasteiger partial charge on any atom is 0.326 e. The summed E-state index contributed by atoms with van der Waals surface area (Å²) in [7, 11) is 0. The molecule has 1 unspecified atom stereocenters. The quantitative estimate of drug-likeness (QED) is 0.458. The van der Waals surface area contributed by atoms with Crippen LogP contribution in [0.3, 0.4) is 0 Å². The van der Waals surface area contributed by atoms with E-state index in [-0.39, 0.29) is 11.5 Å². The number of rotatable bonds is 1. The number of benzene rings is 1. The SMILES string of the molecule is NC1=Cc2cc(O)c(O)cc2N2C1NCC[C@H]2C(=O)O. The summed E-state index contributed by atoms with van der Waals surface area (Å²) in [5.74, 6) is -1.49. The Morgan fingerprint density at radius 1 is 1.35 bits per heavy atom. The number of nitrogens with two attached hydrogens (primary N) is 1. The number of nitrogens with one attached hydrogen (secondary N) is 1. The van der Waals surface area contributed by atoms with Crippen LogP contribution in [0.1, 0.15) is 12.0 Å². The van der Waals surface area contributed by atoms with E-state index in [1.165, 1.54) is 12.1 Å². The first-order valence-corrected chi connectivity index (χ1v) is 6.26. The zero-order valence-electron chi connectivity index (χ0n) is 10.6. The third kappa shape index (κ3) is 1.75. The number of hydrogen-bond donors (Lipinski definition) is 5. The Labute approximate surface area is 114 Å². The minimum absolute atomic E-state index is 0.261. The van der Waals surface area contributed by atoms with Crippen LogP contribution in [0, 0.1) is 0 Å². The average molecular weight is 277 g/mol. The number of aromatic hydroxyl groups is 2. The van der Waals surface area contributed by atoms with Crippen molar-refractivity contribution in [1.29, 1.82) is 0 Å². The van der Waals surface area contributed by atoms with Gasteiger partial charge in [0.25, 0.3) is 0 Å². The second-order valence-electron chi connectivity index (χ2n) is 4.95. The van der Waals surface area contributed by atoms with E-state index in [1.54, 1.807) is 11.0 Å². The highest BCUT2D eigenvalue weighted by Crippen LogP contribution is 2.40. The van der Waals surface area contributed by atoms with E-state index in [2.05, 4.69) is 5.32 Å². The first-order valence-electron chi connectivity index (χ1n) is 6.26. The first-order chi connectivity index (χ1) is 9.49. The van der Waals surface area contributed by atoms with Crippen LogP contribution in [0.5, 0.6) is 11.5 Å². The van der Waals surface area contributed by atoms with Gasteiger partial charge in [0.15, 0.2) is 11.5 Å². The normalized spacial score (nSPS) is 24.6. The maximum atomic E-state index is 11.4. The van der Waals surface area contributed by atoms with Crippen molar-refractivity contribution in [1.82, 2.24) is 5.32 Å². The van der Waals surface area contributed by atoms with Crippen LogP contribution in [0.2, 0.25) is 0 Å². The van der Waals surface area contributed by atoms with Crippen molar-refractivity contribution in [3.8, 4) is 11.5 Å². The van der Waals surface area contributed by atoms with Gasteiger partial charge in [0, 0.05) is 17.3 Å². The maximum absolute atomic E-state index is 11.4. The molecule has 3 rings (SSSR count). The van der Waals surface area contributed by atoms with E-state index >= 15 is 0 Å². The lowest BCUT2D eigenvalue weighted by atomic mass is 9.97. The zero-order valence-corrected chi connectivity index (χ0v) is 10.6. The Hall–Kier alpha value is -2.41. The predicted octanol–water partition coefficient (Wildman–Crippen LogP) is -0.0100. The van der Waals surface area contributed by atoms with E-state index < -0.39 is 18.2 Å². The van der Waals surface area contributed by atoms with E-state index in [9.17, 15) is 20.1 Å². The molecule has 0 aromatic heterocycles. The highest BCUT2D eigenvalue weighted by Gasteiger charge is 2.39. The van der Waals surface area contributed by atoms with Gasteiger partial charge in [-0.1, -0.05) is 0 Å². The number of phenolic OH excluding ortho intramolecular Hbond substituents is 2. The molecule has 1 aromatic carbocycles.